The van der Waals surface area contributed by atoms with Crippen LogP contribution in [0.1, 0.15) is 12.0 Å². The highest BCUT2D eigenvalue weighted by atomic mass is 19.4. The molecule has 33 heavy (non-hydrogen) atoms. The second kappa shape index (κ2) is 11.0. The Morgan fingerprint density at radius 3 is 2.27 bits per heavy atom. The van der Waals surface area contributed by atoms with Crippen LogP contribution in [0.4, 0.5) is 24.5 Å². The molecule has 1 heterocycles. The molecule has 2 amide bonds. The lowest BCUT2D eigenvalue weighted by Gasteiger charge is -2.36. The monoisotopic (exact) mass is 464 g/mol. The van der Waals surface area contributed by atoms with Crippen LogP contribution in [0.5, 0.6) is 5.75 Å². The van der Waals surface area contributed by atoms with Crippen molar-refractivity contribution in [2.45, 2.75) is 12.6 Å². The Morgan fingerprint density at radius 1 is 0.970 bits per heavy atom. The molecular weight excluding hydrogens is 437 g/mol. The summed E-state index contributed by atoms with van der Waals surface area (Å²) in [6.07, 6.45) is -3.78. The molecule has 10 heteroatoms. The fraction of sp³-hybridized carbons (Fsp3) is 0.391. The highest BCUT2D eigenvalue weighted by Crippen LogP contribution is 2.30. The molecule has 1 saturated heterocycles. The molecule has 2 aromatic rings. The largest absolute Gasteiger partial charge is 0.495 e. The molecule has 0 atom stereocenters. The third kappa shape index (κ3) is 6.85. The number of hydrogen-bond donors (Lipinski definition) is 2. The first-order valence-electron chi connectivity index (χ1n) is 10.6. The molecule has 3 rings (SSSR count). The number of hydrogen-bond acceptors (Lipinski definition) is 5. The zero-order valence-corrected chi connectivity index (χ0v) is 18.3. The van der Waals surface area contributed by atoms with E-state index in [0.29, 0.717) is 13.0 Å². The Labute approximate surface area is 190 Å². The average molecular weight is 464 g/mol. The van der Waals surface area contributed by atoms with Crippen LogP contribution in [0.3, 0.4) is 0 Å². The summed E-state index contributed by atoms with van der Waals surface area (Å²) in [5, 5.41) is 4.84. The minimum absolute atomic E-state index is 0.121. The van der Waals surface area contributed by atoms with Crippen molar-refractivity contribution >= 4 is 23.2 Å². The Kier molecular flexibility index (Phi) is 8.16. The number of alkyl halides is 3. The molecule has 1 aliphatic rings. The highest BCUT2D eigenvalue weighted by Gasteiger charge is 2.30. The molecule has 1 fully saturated rings. The van der Waals surface area contributed by atoms with E-state index in [1.54, 1.807) is 7.11 Å². The van der Waals surface area contributed by atoms with Crippen molar-refractivity contribution in [1.29, 1.82) is 0 Å². The zero-order valence-electron chi connectivity index (χ0n) is 18.3. The van der Waals surface area contributed by atoms with Crippen LogP contribution in [-0.4, -0.2) is 63.1 Å². The molecule has 178 valence electrons. The van der Waals surface area contributed by atoms with E-state index in [-0.39, 0.29) is 5.69 Å². The number of carbonyl (C=O) groups is 2. The van der Waals surface area contributed by atoms with Crippen LogP contribution >= 0.6 is 0 Å². The van der Waals surface area contributed by atoms with E-state index in [1.807, 2.05) is 24.3 Å². The van der Waals surface area contributed by atoms with Crippen molar-refractivity contribution in [1.82, 2.24) is 10.2 Å². The normalized spacial score (nSPS) is 14.6. The van der Waals surface area contributed by atoms with Crippen molar-refractivity contribution in [3.63, 3.8) is 0 Å². The number of halogens is 3. The van der Waals surface area contributed by atoms with Gasteiger partial charge in [0, 0.05) is 38.4 Å². The summed E-state index contributed by atoms with van der Waals surface area (Å²) >= 11 is 0. The van der Waals surface area contributed by atoms with Crippen LogP contribution in [0.25, 0.3) is 0 Å². The van der Waals surface area contributed by atoms with Crippen molar-refractivity contribution in [3.05, 3.63) is 54.1 Å². The van der Waals surface area contributed by atoms with Gasteiger partial charge in [0.15, 0.2) is 0 Å². The molecule has 0 aromatic heterocycles. The maximum absolute atomic E-state index is 12.6. The minimum atomic E-state index is -4.46. The van der Waals surface area contributed by atoms with Gasteiger partial charge in [-0.1, -0.05) is 12.1 Å². The van der Waals surface area contributed by atoms with Gasteiger partial charge in [-0.05, 0) is 49.4 Å². The van der Waals surface area contributed by atoms with Gasteiger partial charge in [0.1, 0.15) is 5.75 Å². The molecule has 0 aliphatic carbocycles. The molecule has 2 N–H and O–H groups in total. The number of nitrogens with zero attached hydrogens (tertiary/aromatic N) is 2. The molecule has 1 aliphatic heterocycles. The lowest BCUT2D eigenvalue weighted by Crippen LogP contribution is -2.47. The Morgan fingerprint density at radius 2 is 1.64 bits per heavy atom. The van der Waals surface area contributed by atoms with Crippen molar-refractivity contribution in [2.75, 3.05) is 56.6 Å². The summed E-state index contributed by atoms with van der Waals surface area (Å²) in [4.78, 5) is 28.5. The van der Waals surface area contributed by atoms with E-state index in [4.69, 9.17) is 4.74 Å². The van der Waals surface area contributed by atoms with Crippen LogP contribution < -0.4 is 20.3 Å². The van der Waals surface area contributed by atoms with Crippen LogP contribution in [0.15, 0.2) is 48.5 Å². The van der Waals surface area contributed by atoms with E-state index in [9.17, 15) is 22.8 Å². The number of carbonyl (C=O) groups excluding carboxylic acids is 2. The van der Waals surface area contributed by atoms with Crippen molar-refractivity contribution in [2.24, 2.45) is 0 Å². The first-order chi connectivity index (χ1) is 15.8. The predicted molar refractivity (Wildman–Crippen MR) is 119 cm³/mol. The summed E-state index contributed by atoms with van der Waals surface area (Å²) < 4.78 is 43.2. The Bertz CT molecular complexity index is 943. The first-order valence-corrected chi connectivity index (χ1v) is 10.6. The lowest BCUT2D eigenvalue weighted by atomic mass is 10.2. The molecule has 0 bridgehead atoms. The van der Waals surface area contributed by atoms with Gasteiger partial charge in [0.05, 0.1) is 18.4 Å². The summed E-state index contributed by atoms with van der Waals surface area (Å²) in [5.74, 6) is -0.890. The second-order valence-electron chi connectivity index (χ2n) is 7.64. The SMILES string of the molecule is COc1ccccc1N1CCN(CCCNC(=O)C(=O)Nc2ccc(C(F)(F)F)cc2)CC1. The number of amides is 2. The standard InChI is InChI=1S/C23H27F3N4O3/c1-33-20-6-3-2-5-19(20)30-15-13-29(14-16-30)12-4-11-27-21(31)22(32)28-18-9-7-17(8-10-18)23(24,25)26/h2-3,5-10H,4,11-16H2,1H3,(H,27,31)(H,28,32). The topological polar surface area (TPSA) is 73.9 Å². The third-order valence-corrected chi connectivity index (χ3v) is 5.41. The maximum atomic E-state index is 12.6. The highest BCUT2D eigenvalue weighted by molar-refractivity contribution is 6.39. The van der Waals surface area contributed by atoms with Gasteiger partial charge >= 0.3 is 18.0 Å². The summed E-state index contributed by atoms with van der Waals surface area (Å²) in [6.45, 7) is 4.58. The maximum Gasteiger partial charge on any atom is 0.416 e. The number of anilines is 2. The van der Waals surface area contributed by atoms with E-state index in [0.717, 1.165) is 68.4 Å². The van der Waals surface area contributed by atoms with Gasteiger partial charge in [-0.15, -0.1) is 0 Å². The van der Waals surface area contributed by atoms with Gasteiger partial charge in [0.25, 0.3) is 0 Å². The molecule has 0 radical (unpaired) electrons. The number of ether oxygens (including phenoxy) is 1. The van der Waals surface area contributed by atoms with Crippen LogP contribution in [-0.2, 0) is 15.8 Å². The third-order valence-electron chi connectivity index (χ3n) is 5.41. The Hall–Kier alpha value is -3.27. The molecular formula is C23H27F3N4O3. The lowest BCUT2D eigenvalue weighted by molar-refractivity contribution is -0.137. The average Bonchev–Trinajstić information content (AvgIpc) is 2.81. The molecule has 0 spiro atoms. The van der Waals surface area contributed by atoms with E-state index in [1.165, 1.54) is 0 Å². The molecule has 0 unspecified atom stereocenters. The molecule has 0 saturated carbocycles. The van der Waals surface area contributed by atoms with Crippen LogP contribution in [0, 0.1) is 0 Å². The molecule has 2 aromatic carbocycles. The fourth-order valence-electron chi connectivity index (χ4n) is 3.62. The summed E-state index contributed by atoms with van der Waals surface area (Å²) in [5.41, 5.74) is 0.371. The van der Waals surface area contributed by atoms with Crippen molar-refractivity contribution < 1.29 is 27.5 Å². The number of benzene rings is 2. The zero-order chi connectivity index (χ0) is 23.8. The van der Waals surface area contributed by atoms with Crippen molar-refractivity contribution in [3.8, 4) is 5.75 Å². The van der Waals surface area contributed by atoms with Gasteiger partial charge < -0.3 is 20.3 Å². The smallest absolute Gasteiger partial charge is 0.416 e. The predicted octanol–water partition coefficient (Wildman–Crippen LogP) is 2.98. The fourth-order valence-corrected chi connectivity index (χ4v) is 3.62. The summed E-state index contributed by atoms with van der Waals surface area (Å²) in [7, 11) is 1.66. The van der Waals surface area contributed by atoms with E-state index >= 15 is 0 Å². The van der Waals surface area contributed by atoms with Gasteiger partial charge in [-0.25, -0.2) is 0 Å². The number of methoxy groups -OCH3 is 1. The van der Waals surface area contributed by atoms with Gasteiger partial charge in [-0.2, -0.15) is 13.2 Å². The summed E-state index contributed by atoms with van der Waals surface area (Å²) in [6, 6.07) is 11.8. The number of rotatable bonds is 7. The van der Waals surface area contributed by atoms with E-state index in [2.05, 4.69) is 20.4 Å². The number of para-hydroxylation sites is 2. The second-order valence-corrected chi connectivity index (χ2v) is 7.64. The van der Waals surface area contributed by atoms with E-state index < -0.39 is 23.6 Å². The van der Waals surface area contributed by atoms with Gasteiger partial charge in [-0.3, -0.25) is 14.5 Å². The van der Waals surface area contributed by atoms with Crippen LogP contribution in [0.2, 0.25) is 0 Å². The minimum Gasteiger partial charge on any atom is -0.495 e. The quantitative estimate of drug-likeness (QED) is 0.487. The first kappa shape index (κ1) is 24.4. The molecule has 7 nitrogen and oxygen atoms in total. The number of piperazine rings is 1. The number of nitrogens with one attached hydrogen (secondary N) is 2. The Balaban J connectivity index is 1.34. The van der Waals surface area contributed by atoms with Gasteiger partial charge in [0.2, 0.25) is 0 Å².